The molecule has 0 saturated heterocycles. The van der Waals surface area contributed by atoms with Gasteiger partial charge in [0, 0.05) is 11.1 Å². The highest BCUT2D eigenvalue weighted by Crippen LogP contribution is 2.23. The number of hydrogen-bond donors (Lipinski definition) is 2. The van der Waals surface area contributed by atoms with Crippen molar-refractivity contribution in [2.24, 2.45) is 0 Å². The number of amides is 1. The molecule has 0 saturated carbocycles. The summed E-state index contributed by atoms with van der Waals surface area (Å²) in [5.74, 6) is -1.68. The molecule has 23 heavy (non-hydrogen) atoms. The summed E-state index contributed by atoms with van der Waals surface area (Å²) in [7, 11) is -3.57. The number of carboxylic acid groups (broad SMARTS) is 1. The molecule has 0 aliphatic rings. The van der Waals surface area contributed by atoms with Gasteiger partial charge in [0.05, 0.1) is 22.9 Å². The normalized spacial score (nSPS) is 12.6. The Kier molecular flexibility index (Phi) is 5.17. The number of nitrogens with one attached hydrogen (secondary N) is 1. The van der Waals surface area contributed by atoms with Crippen molar-refractivity contribution in [3.05, 3.63) is 52.2 Å². The molecule has 122 valence electrons. The Labute approximate surface area is 137 Å². The molecule has 6 nitrogen and oxygen atoms in total. The molecule has 1 aromatic carbocycles. The number of rotatable bonds is 6. The molecule has 0 unspecified atom stereocenters. The van der Waals surface area contributed by atoms with Crippen molar-refractivity contribution >= 4 is 33.1 Å². The van der Waals surface area contributed by atoms with E-state index in [4.69, 9.17) is 5.11 Å². The molecule has 1 heterocycles. The van der Waals surface area contributed by atoms with Crippen LogP contribution in [0, 0.1) is 0 Å². The number of benzene rings is 1. The predicted octanol–water partition coefficient (Wildman–Crippen LogP) is 2.10. The van der Waals surface area contributed by atoms with E-state index < -0.39 is 27.8 Å². The van der Waals surface area contributed by atoms with Crippen LogP contribution in [0.1, 0.15) is 27.7 Å². The fraction of sp³-hybridized carbons (Fsp3) is 0.200. The summed E-state index contributed by atoms with van der Waals surface area (Å²) in [6.45, 7) is 0. The van der Waals surface area contributed by atoms with Gasteiger partial charge in [0.25, 0.3) is 5.91 Å². The lowest BCUT2D eigenvalue weighted by atomic mass is 10.1. The van der Waals surface area contributed by atoms with E-state index in [-0.39, 0.29) is 16.9 Å². The summed E-state index contributed by atoms with van der Waals surface area (Å²) in [5.41, 5.74) is 0.00180. The highest BCUT2D eigenvalue weighted by Gasteiger charge is 2.23. The van der Waals surface area contributed by atoms with Gasteiger partial charge >= 0.3 is 5.97 Å². The van der Waals surface area contributed by atoms with E-state index in [0.717, 1.165) is 6.26 Å². The minimum atomic E-state index is -3.57. The Morgan fingerprint density at radius 1 is 1.22 bits per heavy atom. The third-order valence-electron chi connectivity index (χ3n) is 3.10. The molecule has 1 atom stereocenters. The number of carbonyl (C=O) groups excluding carboxylic acids is 1. The first kappa shape index (κ1) is 17.2. The maximum Gasteiger partial charge on any atom is 0.305 e. The summed E-state index contributed by atoms with van der Waals surface area (Å²) in [5, 5.41) is 13.4. The van der Waals surface area contributed by atoms with E-state index in [2.05, 4.69) is 5.32 Å². The number of carboxylic acids is 1. The molecular formula is C15H15NO5S2. The Bertz CT molecular complexity index is 812. The Balaban J connectivity index is 2.32. The first-order valence-electron chi connectivity index (χ1n) is 6.64. The van der Waals surface area contributed by atoms with E-state index in [0.29, 0.717) is 4.88 Å². The topological polar surface area (TPSA) is 101 Å². The first-order valence-corrected chi connectivity index (χ1v) is 9.41. The Morgan fingerprint density at radius 3 is 2.48 bits per heavy atom. The van der Waals surface area contributed by atoms with Gasteiger partial charge in [-0.2, -0.15) is 0 Å². The summed E-state index contributed by atoms with van der Waals surface area (Å²) >= 11 is 1.32. The lowest BCUT2D eigenvalue weighted by Crippen LogP contribution is -2.30. The van der Waals surface area contributed by atoms with Gasteiger partial charge in [0.1, 0.15) is 0 Å². The van der Waals surface area contributed by atoms with Crippen molar-refractivity contribution in [1.82, 2.24) is 5.32 Å². The Morgan fingerprint density at radius 2 is 1.91 bits per heavy atom. The summed E-state index contributed by atoms with van der Waals surface area (Å²) in [6.07, 6.45) is 0.737. The van der Waals surface area contributed by atoms with Gasteiger partial charge in [-0.25, -0.2) is 8.42 Å². The smallest absolute Gasteiger partial charge is 0.305 e. The standard InChI is InChI=1S/C15H15NO5S2/c1-23(20,21)13-7-3-2-5-10(13)15(19)16-11(9-14(17)18)12-6-4-8-22-12/h2-8,11H,9H2,1H3,(H,16,19)(H,17,18)/t11-/m1/s1. The third-order valence-corrected chi connectivity index (χ3v) is 5.24. The lowest BCUT2D eigenvalue weighted by molar-refractivity contribution is -0.137. The maximum absolute atomic E-state index is 12.4. The average Bonchev–Trinajstić information content (AvgIpc) is 2.99. The average molecular weight is 353 g/mol. The summed E-state index contributed by atoms with van der Waals surface area (Å²) < 4.78 is 23.6. The van der Waals surface area contributed by atoms with Crippen molar-refractivity contribution in [3.8, 4) is 0 Å². The molecule has 0 aliphatic heterocycles. The van der Waals surface area contributed by atoms with Crippen LogP contribution in [-0.2, 0) is 14.6 Å². The number of hydrogen-bond acceptors (Lipinski definition) is 5. The second-order valence-electron chi connectivity index (χ2n) is 4.91. The van der Waals surface area contributed by atoms with Crippen LogP contribution in [0.2, 0.25) is 0 Å². The van der Waals surface area contributed by atoms with Crippen LogP contribution in [0.4, 0.5) is 0 Å². The van der Waals surface area contributed by atoms with E-state index in [1.165, 1.54) is 29.5 Å². The van der Waals surface area contributed by atoms with Crippen LogP contribution in [-0.4, -0.2) is 31.7 Å². The van der Waals surface area contributed by atoms with Crippen molar-refractivity contribution < 1.29 is 23.1 Å². The number of thiophene rings is 1. The van der Waals surface area contributed by atoms with Gasteiger partial charge in [0.2, 0.25) is 0 Å². The van der Waals surface area contributed by atoms with Gasteiger partial charge < -0.3 is 10.4 Å². The van der Waals surface area contributed by atoms with E-state index in [9.17, 15) is 18.0 Å². The van der Waals surface area contributed by atoms with Crippen molar-refractivity contribution in [3.63, 3.8) is 0 Å². The molecule has 8 heteroatoms. The third kappa shape index (κ3) is 4.40. The first-order chi connectivity index (χ1) is 10.8. The molecule has 0 fully saturated rings. The molecule has 2 N–H and O–H groups in total. The largest absolute Gasteiger partial charge is 0.481 e. The lowest BCUT2D eigenvalue weighted by Gasteiger charge is -2.16. The minimum Gasteiger partial charge on any atom is -0.481 e. The van der Waals surface area contributed by atoms with Crippen LogP contribution >= 0.6 is 11.3 Å². The number of sulfone groups is 1. The van der Waals surface area contributed by atoms with Crippen molar-refractivity contribution in [1.29, 1.82) is 0 Å². The van der Waals surface area contributed by atoms with E-state index >= 15 is 0 Å². The van der Waals surface area contributed by atoms with Crippen LogP contribution in [0.25, 0.3) is 0 Å². The molecule has 2 rings (SSSR count). The van der Waals surface area contributed by atoms with Crippen LogP contribution in [0.5, 0.6) is 0 Å². The van der Waals surface area contributed by atoms with Crippen LogP contribution in [0.3, 0.4) is 0 Å². The monoisotopic (exact) mass is 353 g/mol. The zero-order valence-corrected chi connectivity index (χ0v) is 13.9. The molecule has 0 radical (unpaired) electrons. The van der Waals surface area contributed by atoms with E-state index in [1.54, 1.807) is 23.6 Å². The van der Waals surface area contributed by atoms with Gasteiger partial charge in [-0.05, 0) is 23.6 Å². The second-order valence-corrected chi connectivity index (χ2v) is 7.87. The fourth-order valence-corrected chi connectivity index (χ4v) is 3.76. The quantitative estimate of drug-likeness (QED) is 0.828. The SMILES string of the molecule is CS(=O)(=O)c1ccccc1C(=O)N[C@H](CC(=O)O)c1cccs1. The Hall–Kier alpha value is -2.19. The highest BCUT2D eigenvalue weighted by atomic mass is 32.2. The van der Waals surface area contributed by atoms with Gasteiger partial charge in [0.15, 0.2) is 9.84 Å². The predicted molar refractivity (Wildman–Crippen MR) is 86.3 cm³/mol. The molecule has 1 amide bonds. The molecule has 2 aromatic rings. The van der Waals surface area contributed by atoms with Crippen molar-refractivity contribution in [2.45, 2.75) is 17.4 Å². The van der Waals surface area contributed by atoms with Gasteiger partial charge in [-0.1, -0.05) is 18.2 Å². The van der Waals surface area contributed by atoms with Crippen molar-refractivity contribution in [2.75, 3.05) is 6.26 Å². The molecule has 0 aliphatic carbocycles. The highest BCUT2D eigenvalue weighted by molar-refractivity contribution is 7.90. The summed E-state index contributed by atoms with van der Waals surface area (Å²) in [4.78, 5) is 24.0. The van der Waals surface area contributed by atoms with Crippen LogP contribution in [0.15, 0.2) is 46.7 Å². The van der Waals surface area contributed by atoms with E-state index in [1.807, 2.05) is 0 Å². The second kappa shape index (κ2) is 6.93. The van der Waals surface area contributed by atoms with Gasteiger partial charge in [-0.15, -0.1) is 11.3 Å². The summed E-state index contributed by atoms with van der Waals surface area (Å²) in [6, 6.07) is 8.60. The zero-order chi connectivity index (χ0) is 17.0. The molecular weight excluding hydrogens is 338 g/mol. The number of carbonyl (C=O) groups is 2. The zero-order valence-electron chi connectivity index (χ0n) is 12.2. The molecule has 0 bridgehead atoms. The minimum absolute atomic E-state index is 0.00180. The fourth-order valence-electron chi connectivity index (χ4n) is 2.10. The number of aliphatic carboxylic acids is 1. The molecule has 1 aromatic heterocycles. The maximum atomic E-state index is 12.4. The van der Waals surface area contributed by atoms with Crippen LogP contribution < -0.4 is 5.32 Å². The molecule has 0 spiro atoms. The van der Waals surface area contributed by atoms with Gasteiger partial charge in [-0.3, -0.25) is 9.59 Å².